The van der Waals surface area contributed by atoms with Gasteiger partial charge in [-0.3, -0.25) is 4.79 Å². The molecule has 3 aromatic carbocycles. The van der Waals surface area contributed by atoms with Crippen molar-refractivity contribution in [3.8, 4) is 11.3 Å². The number of fused-ring (bicyclic) bond motifs is 2. The Morgan fingerprint density at radius 1 is 1.00 bits per heavy atom. The van der Waals surface area contributed by atoms with Gasteiger partial charge in [-0.15, -0.1) is 11.3 Å². The van der Waals surface area contributed by atoms with Gasteiger partial charge in [-0.25, -0.2) is 4.99 Å². The smallest absolute Gasteiger partial charge is 0.254 e. The van der Waals surface area contributed by atoms with Gasteiger partial charge in [-0.2, -0.15) is 0 Å². The molecule has 0 fully saturated rings. The largest absolute Gasteiger partial charge is 0.354 e. The second-order valence-corrected chi connectivity index (χ2v) is 10.7. The number of hydrogen-bond donors (Lipinski definition) is 2. The van der Waals surface area contributed by atoms with Crippen molar-refractivity contribution in [2.45, 2.75) is 39.2 Å². The number of thiophene rings is 1. The first-order valence-corrected chi connectivity index (χ1v) is 13.7. The van der Waals surface area contributed by atoms with E-state index in [4.69, 9.17) is 4.99 Å². The van der Waals surface area contributed by atoms with Crippen molar-refractivity contribution in [3.63, 3.8) is 0 Å². The summed E-state index contributed by atoms with van der Waals surface area (Å²) in [5.74, 6) is -0.0338. The average Bonchev–Trinajstić information content (AvgIpc) is 3.49. The topological polar surface area (TPSA) is 57.2 Å². The minimum atomic E-state index is -0.0338. The number of hydrogen-bond acceptors (Lipinski definition) is 3. The zero-order valence-electron chi connectivity index (χ0n) is 20.9. The van der Waals surface area contributed by atoms with Gasteiger partial charge in [0, 0.05) is 34.1 Å². The summed E-state index contributed by atoms with van der Waals surface area (Å²) in [6, 6.07) is 26.9. The van der Waals surface area contributed by atoms with Crippen LogP contribution in [0.15, 0.2) is 83.9 Å². The van der Waals surface area contributed by atoms with Crippen LogP contribution in [0.5, 0.6) is 0 Å². The van der Waals surface area contributed by atoms with Gasteiger partial charge in [0.25, 0.3) is 5.91 Å². The van der Waals surface area contributed by atoms with Crippen molar-refractivity contribution in [3.05, 3.63) is 112 Å². The summed E-state index contributed by atoms with van der Waals surface area (Å²) in [6.45, 7) is 2.62. The summed E-state index contributed by atoms with van der Waals surface area (Å²) in [4.78, 5) is 23.4. The molecule has 6 rings (SSSR count). The van der Waals surface area contributed by atoms with E-state index < -0.39 is 0 Å². The molecule has 184 valence electrons. The highest BCUT2D eigenvalue weighted by Gasteiger charge is 2.25. The normalized spacial score (nSPS) is 13.2. The Morgan fingerprint density at radius 3 is 2.57 bits per heavy atom. The third-order valence-corrected chi connectivity index (χ3v) is 8.24. The Bertz CT molecular complexity index is 1600. The molecule has 1 amide bonds. The molecule has 2 N–H and O–H groups in total. The summed E-state index contributed by atoms with van der Waals surface area (Å²) in [5.41, 5.74) is 8.52. The number of carbonyl (C=O) groups excluding carboxylic acids is 1. The van der Waals surface area contributed by atoms with E-state index in [1.165, 1.54) is 22.4 Å². The molecule has 5 aromatic rings. The van der Waals surface area contributed by atoms with E-state index in [2.05, 4.69) is 59.7 Å². The van der Waals surface area contributed by atoms with E-state index in [9.17, 15) is 4.79 Å². The van der Waals surface area contributed by atoms with Crippen molar-refractivity contribution in [2.24, 2.45) is 4.99 Å². The summed E-state index contributed by atoms with van der Waals surface area (Å²) in [6.07, 6.45) is 6.20. The standard InChI is InChI=1S/C32H29N3OS/c1-21-16-17-27-25(18-21)26(30(35-27)23-12-6-3-7-13-23)20-34-32-29(24-14-8-9-15-28(24)37-32)31(36)33-19-22-10-4-2-5-11-22/h2-7,10-13,16-18,20,35H,8-9,14-15,19H2,1H3,(H,33,36). The van der Waals surface area contributed by atoms with Gasteiger partial charge in [0.05, 0.1) is 11.3 Å². The first-order chi connectivity index (χ1) is 18.2. The van der Waals surface area contributed by atoms with Crippen molar-refractivity contribution in [1.82, 2.24) is 10.3 Å². The van der Waals surface area contributed by atoms with Gasteiger partial charge in [0.15, 0.2) is 0 Å². The molecule has 0 saturated carbocycles. The number of H-pyrrole nitrogens is 1. The molecule has 2 heterocycles. The third-order valence-electron chi connectivity index (χ3n) is 7.04. The van der Waals surface area contributed by atoms with Gasteiger partial charge < -0.3 is 10.3 Å². The van der Waals surface area contributed by atoms with Crippen LogP contribution in [0.25, 0.3) is 22.2 Å². The van der Waals surface area contributed by atoms with Crippen molar-refractivity contribution >= 4 is 39.4 Å². The molecule has 0 unspecified atom stereocenters. The molecule has 0 bridgehead atoms. The Labute approximate surface area is 221 Å². The highest BCUT2D eigenvalue weighted by atomic mass is 32.1. The fourth-order valence-corrected chi connectivity index (χ4v) is 6.39. The maximum atomic E-state index is 13.5. The molecule has 0 aliphatic heterocycles. The first kappa shape index (κ1) is 23.4. The lowest BCUT2D eigenvalue weighted by molar-refractivity contribution is 0.0951. The Morgan fingerprint density at radius 2 is 1.76 bits per heavy atom. The van der Waals surface area contributed by atoms with Crippen LogP contribution in [-0.4, -0.2) is 17.1 Å². The average molecular weight is 504 g/mol. The Balaban J connectivity index is 1.41. The van der Waals surface area contributed by atoms with Crippen LogP contribution in [0.2, 0.25) is 0 Å². The Kier molecular flexibility index (Phi) is 6.46. The van der Waals surface area contributed by atoms with Crippen LogP contribution in [0.4, 0.5) is 5.00 Å². The number of nitrogens with one attached hydrogen (secondary N) is 2. The molecule has 37 heavy (non-hydrogen) atoms. The lowest BCUT2D eigenvalue weighted by Crippen LogP contribution is -2.24. The molecule has 0 saturated heterocycles. The highest BCUT2D eigenvalue weighted by molar-refractivity contribution is 7.16. The molecular formula is C32H29N3OS. The van der Waals surface area contributed by atoms with Gasteiger partial charge in [-0.1, -0.05) is 72.3 Å². The quantitative estimate of drug-likeness (QED) is 0.229. The number of aromatic amines is 1. The SMILES string of the molecule is Cc1ccc2[nH]c(-c3ccccc3)c(C=Nc3sc4c(c3C(=O)NCc3ccccc3)CCCC4)c2c1. The number of nitrogens with zero attached hydrogens (tertiary/aromatic N) is 1. The fourth-order valence-electron chi connectivity index (χ4n) is 5.16. The molecule has 1 aliphatic carbocycles. The van der Waals surface area contributed by atoms with E-state index >= 15 is 0 Å². The number of benzene rings is 3. The molecule has 0 spiro atoms. The van der Waals surface area contributed by atoms with Crippen molar-refractivity contribution in [1.29, 1.82) is 0 Å². The zero-order valence-corrected chi connectivity index (χ0v) is 21.7. The predicted molar refractivity (Wildman–Crippen MR) is 154 cm³/mol. The summed E-state index contributed by atoms with van der Waals surface area (Å²) < 4.78 is 0. The molecule has 5 heteroatoms. The lowest BCUT2D eigenvalue weighted by Gasteiger charge is -2.12. The van der Waals surface area contributed by atoms with Crippen LogP contribution >= 0.6 is 11.3 Å². The molecule has 0 radical (unpaired) electrons. The lowest BCUT2D eigenvalue weighted by atomic mass is 9.95. The number of aliphatic imine (C=N–C) groups is 1. The monoisotopic (exact) mass is 503 g/mol. The van der Waals surface area contributed by atoms with E-state index in [-0.39, 0.29) is 5.91 Å². The van der Waals surface area contributed by atoms with Crippen LogP contribution < -0.4 is 5.32 Å². The molecule has 2 aromatic heterocycles. The first-order valence-electron chi connectivity index (χ1n) is 12.9. The minimum Gasteiger partial charge on any atom is -0.354 e. The molecule has 1 aliphatic rings. The van der Waals surface area contributed by atoms with Gasteiger partial charge >= 0.3 is 0 Å². The van der Waals surface area contributed by atoms with Gasteiger partial charge in [-0.05, 0) is 61.4 Å². The van der Waals surface area contributed by atoms with E-state index in [0.717, 1.165) is 63.1 Å². The fraction of sp³-hybridized carbons (Fsp3) is 0.188. The highest BCUT2D eigenvalue weighted by Crippen LogP contribution is 2.40. The maximum absolute atomic E-state index is 13.5. The second kappa shape index (κ2) is 10.2. The van der Waals surface area contributed by atoms with Crippen molar-refractivity contribution < 1.29 is 4.79 Å². The minimum absolute atomic E-state index is 0.0338. The Hall–Kier alpha value is -3.96. The number of aromatic nitrogens is 1. The van der Waals surface area contributed by atoms with Crippen LogP contribution in [0, 0.1) is 6.92 Å². The van der Waals surface area contributed by atoms with E-state index in [1.54, 1.807) is 11.3 Å². The predicted octanol–water partition coefficient (Wildman–Crippen LogP) is 7.76. The summed E-state index contributed by atoms with van der Waals surface area (Å²) in [7, 11) is 0. The number of aryl methyl sites for hydroxylation is 2. The van der Waals surface area contributed by atoms with Gasteiger partial charge in [0.1, 0.15) is 5.00 Å². The molecule has 4 nitrogen and oxygen atoms in total. The number of amides is 1. The molecular weight excluding hydrogens is 474 g/mol. The van der Waals surface area contributed by atoms with E-state index in [1.807, 2.05) is 42.6 Å². The third kappa shape index (κ3) is 4.75. The summed E-state index contributed by atoms with van der Waals surface area (Å²) in [5, 5.41) is 5.09. The second-order valence-electron chi connectivity index (χ2n) is 9.65. The maximum Gasteiger partial charge on any atom is 0.254 e. The zero-order chi connectivity index (χ0) is 25.2. The number of carbonyl (C=O) groups is 1. The van der Waals surface area contributed by atoms with Crippen molar-refractivity contribution in [2.75, 3.05) is 0 Å². The van der Waals surface area contributed by atoms with Crippen LogP contribution in [0.1, 0.15) is 50.3 Å². The van der Waals surface area contributed by atoms with Crippen LogP contribution in [-0.2, 0) is 19.4 Å². The number of rotatable bonds is 6. The molecule has 0 atom stereocenters. The van der Waals surface area contributed by atoms with Crippen LogP contribution in [0.3, 0.4) is 0 Å². The van der Waals surface area contributed by atoms with Gasteiger partial charge in [0.2, 0.25) is 0 Å². The van der Waals surface area contributed by atoms with E-state index in [0.29, 0.717) is 6.54 Å². The summed E-state index contributed by atoms with van der Waals surface area (Å²) >= 11 is 1.68.